The van der Waals surface area contributed by atoms with Crippen LogP contribution in [0.3, 0.4) is 0 Å². The van der Waals surface area contributed by atoms with E-state index in [4.69, 9.17) is 0 Å². The molecule has 3 heteroatoms. The molecule has 0 unspecified atom stereocenters. The lowest BCUT2D eigenvalue weighted by Crippen LogP contribution is -2.25. The normalized spacial score (nSPS) is 10.9. The highest BCUT2D eigenvalue weighted by Crippen LogP contribution is 2.23. The summed E-state index contributed by atoms with van der Waals surface area (Å²) in [6.45, 7) is 11.0. The van der Waals surface area contributed by atoms with Crippen LogP contribution in [0.1, 0.15) is 25.8 Å². The van der Waals surface area contributed by atoms with Crippen molar-refractivity contribution in [3.63, 3.8) is 0 Å². The van der Waals surface area contributed by atoms with E-state index >= 15 is 0 Å². The summed E-state index contributed by atoms with van der Waals surface area (Å²) < 4.78 is 0. The fourth-order valence-corrected chi connectivity index (χ4v) is 2.57. The lowest BCUT2D eigenvalue weighted by Gasteiger charge is -2.18. The average Bonchev–Trinajstić information content (AvgIpc) is 2.57. The summed E-state index contributed by atoms with van der Waals surface area (Å²) in [5.74, 6) is 0. The van der Waals surface area contributed by atoms with Crippen molar-refractivity contribution < 1.29 is 0 Å². The van der Waals surface area contributed by atoms with Gasteiger partial charge in [-0.2, -0.15) is 0 Å². The highest BCUT2D eigenvalue weighted by Gasteiger charge is 2.04. The van der Waals surface area contributed by atoms with E-state index in [9.17, 15) is 0 Å². The standard InChI is InChI=1S/C19H27N3/c1-4-22(5-2)14-8-13-21-19-15-17(11-10-16(19)3)18-9-6-7-12-20-18/h6-7,9-12,15,21H,4-5,8,13-14H2,1-3H3. The highest BCUT2D eigenvalue weighted by molar-refractivity contribution is 5.67. The van der Waals surface area contributed by atoms with E-state index in [1.165, 1.54) is 11.3 Å². The van der Waals surface area contributed by atoms with Gasteiger partial charge in [-0.15, -0.1) is 0 Å². The molecule has 1 heterocycles. The first kappa shape index (κ1) is 16.5. The number of aromatic nitrogens is 1. The third kappa shape index (κ3) is 4.57. The molecule has 0 radical (unpaired) electrons. The predicted molar refractivity (Wildman–Crippen MR) is 95.3 cm³/mol. The molecule has 0 spiro atoms. The van der Waals surface area contributed by atoms with Gasteiger partial charge in [-0.05, 0) is 56.7 Å². The molecule has 0 amide bonds. The van der Waals surface area contributed by atoms with Gasteiger partial charge in [0.25, 0.3) is 0 Å². The third-order valence-corrected chi connectivity index (χ3v) is 4.06. The lowest BCUT2D eigenvalue weighted by molar-refractivity contribution is 0.303. The number of aryl methyl sites for hydroxylation is 1. The van der Waals surface area contributed by atoms with Crippen LogP contribution in [-0.2, 0) is 0 Å². The molecule has 0 saturated carbocycles. The Morgan fingerprint density at radius 1 is 1.09 bits per heavy atom. The van der Waals surface area contributed by atoms with Gasteiger partial charge in [0.1, 0.15) is 0 Å². The van der Waals surface area contributed by atoms with E-state index < -0.39 is 0 Å². The Labute approximate surface area is 134 Å². The van der Waals surface area contributed by atoms with Crippen LogP contribution in [-0.4, -0.2) is 36.1 Å². The second-order valence-corrected chi connectivity index (χ2v) is 5.55. The lowest BCUT2D eigenvalue weighted by atomic mass is 10.1. The molecule has 1 aromatic heterocycles. The van der Waals surface area contributed by atoms with Crippen LogP contribution in [0, 0.1) is 6.92 Å². The second-order valence-electron chi connectivity index (χ2n) is 5.55. The van der Waals surface area contributed by atoms with Crippen LogP contribution in [0.15, 0.2) is 42.6 Å². The van der Waals surface area contributed by atoms with Gasteiger partial charge in [0.05, 0.1) is 5.69 Å². The molecule has 0 atom stereocenters. The van der Waals surface area contributed by atoms with Gasteiger partial charge < -0.3 is 10.2 Å². The number of rotatable bonds is 8. The maximum absolute atomic E-state index is 4.43. The Hall–Kier alpha value is -1.87. The minimum Gasteiger partial charge on any atom is -0.385 e. The zero-order chi connectivity index (χ0) is 15.8. The summed E-state index contributed by atoms with van der Waals surface area (Å²) in [5, 5.41) is 3.57. The first-order valence-electron chi connectivity index (χ1n) is 8.22. The van der Waals surface area contributed by atoms with Gasteiger partial charge in [-0.1, -0.05) is 32.0 Å². The van der Waals surface area contributed by atoms with Crippen LogP contribution >= 0.6 is 0 Å². The topological polar surface area (TPSA) is 28.2 Å². The minimum atomic E-state index is 1.00. The van der Waals surface area contributed by atoms with Gasteiger partial charge in [0.2, 0.25) is 0 Å². The van der Waals surface area contributed by atoms with E-state index in [-0.39, 0.29) is 0 Å². The summed E-state index contributed by atoms with van der Waals surface area (Å²) in [6, 6.07) is 12.5. The molecular weight excluding hydrogens is 270 g/mol. The van der Waals surface area contributed by atoms with E-state index in [0.717, 1.165) is 43.9 Å². The number of nitrogens with zero attached hydrogens (tertiary/aromatic N) is 2. The average molecular weight is 297 g/mol. The molecule has 0 saturated heterocycles. The molecule has 2 rings (SSSR count). The maximum Gasteiger partial charge on any atom is 0.0702 e. The Bertz CT molecular complexity index is 562. The smallest absolute Gasteiger partial charge is 0.0702 e. The van der Waals surface area contributed by atoms with Crippen molar-refractivity contribution >= 4 is 5.69 Å². The zero-order valence-corrected chi connectivity index (χ0v) is 14.0. The number of anilines is 1. The molecule has 22 heavy (non-hydrogen) atoms. The Morgan fingerprint density at radius 3 is 2.59 bits per heavy atom. The van der Waals surface area contributed by atoms with E-state index in [0.29, 0.717) is 0 Å². The molecule has 3 nitrogen and oxygen atoms in total. The first-order chi connectivity index (χ1) is 10.7. The Balaban J connectivity index is 1.96. The van der Waals surface area contributed by atoms with Crippen molar-refractivity contribution in [2.75, 3.05) is 31.5 Å². The van der Waals surface area contributed by atoms with Crippen molar-refractivity contribution in [1.82, 2.24) is 9.88 Å². The van der Waals surface area contributed by atoms with Gasteiger partial charge in [-0.3, -0.25) is 4.98 Å². The van der Waals surface area contributed by atoms with E-state index in [1.807, 2.05) is 18.3 Å². The van der Waals surface area contributed by atoms with Gasteiger partial charge in [0, 0.05) is 24.0 Å². The monoisotopic (exact) mass is 297 g/mol. The molecule has 0 aliphatic rings. The number of hydrogen-bond donors (Lipinski definition) is 1. The number of benzene rings is 1. The van der Waals surface area contributed by atoms with Crippen molar-refractivity contribution in [2.24, 2.45) is 0 Å². The second kappa shape index (κ2) is 8.54. The fraction of sp³-hybridized carbons (Fsp3) is 0.421. The van der Waals surface area contributed by atoms with Crippen LogP contribution < -0.4 is 5.32 Å². The third-order valence-electron chi connectivity index (χ3n) is 4.06. The van der Waals surface area contributed by atoms with E-state index in [1.54, 1.807) is 0 Å². The van der Waals surface area contributed by atoms with Crippen LogP contribution in [0.2, 0.25) is 0 Å². The molecule has 0 aliphatic carbocycles. The van der Waals surface area contributed by atoms with Crippen LogP contribution in [0.25, 0.3) is 11.3 Å². The van der Waals surface area contributed by atoms with Crippen molar-refractivity contribution in [3.05, 3.63) is 48.2 Å². The van der Waals surface area contributed by atoms with Crippen molar-refractivity contribution in [2.45, 2.75) is 27.2 Å². The maximum atomic E-state index is 4.43. The first-order valence-corrected chi connectivity index (χ1v) is 8.22. The molecule has 0 bridgehead atoms. The van der Waals surface area contributed by atoms with E-state index in [2.05, 4.69) is 60.2 Å². The summed E-state index contributed by atoms with van der Waals surface area (Å²) in [4.78, 5) is 6.88. The Morgan fingerprint density at radius 2 is 1.91 bits per heavy atom. The van der Waals surface area contributed by atoms with Crippen molar-refractivity contribution in [3.8, 4) is 11.3 Å². The summed E-state index contributed by atoms with van der Waals surface area (Å²) in [7, 11) is 0. The molecule has 1 aromatic carbocycles. The fourth-order valence-electron chi connectivity index (χ4n) is 2.57. The SMILES string of the molecule is CCN(CC)CCCNc1cc(-c2ccccn2)ccc1C. The molecular formula is C19H27N3. The molecule has 1 N–H and O–H groups in total. The molecule has 0 fully saturated rings. The highest BCUT2D eigenvalue weighted by atomic mass is 15.1. The minimum absolute atomic E-state index is 1.00. The number of nitrogens with one attached hydrogen (secondary N) is 1. The molecule has 118 valence electrons. The Kier molecular flexibility index (Phi) is 6.41. The predicted octanol–water partition coefficient (Wildman–Crippen LogP) is 4.20. The number of pyridine rings is 1. The van der Waals surface area contributed by atoms with Gasteiger partial charge in [-0.25, -0.2) is 0 Å². The summed E-state index contributed by atoms with van der Waals surface area (Å²) in [6.07, 6.45) is 3.00. The van der Waals surface area contributed by atoms with Crippen LogP contribution in [0.5, 0.6) is 0 Å². The summed E-state index contributed by atoms with van der Waals surface area (Å²) >= 11 is 0. The zero-order valence-electron chi connectivity index (χ0n) is 14.0. The molecule has 0 aliphatic heterocycles. The van der Waals surface area contributed by atoms with Crippen LogP contribution in [0.4, 0.5) is 5.69 Å². The number of hydrogen-bond acceptors (Lipinski definition) is 3. The van der Waals surface area contributed by atoms with Gasteiger partial charge >= 0.3 is 0 Å². The quantitative estimate of drug-likeness (QED) is 0.740. The largest absolute Gasteiger partial charge is 0.385 e. The summed E-state index contributed by atoms with van der Waals surface area (Å²) in [5.41, 5.74) is 4.68. The van der Waals surface area contributed by atoms with Gasteiger partial charge in [0.15, 0.2) is 0 Å². The van der Waals surface area contributed by atoms with Crippen molar-refractivity contribution in [1.29, 1.82) is 0 Å². The molecule has 2 aromatic rings.